The van der Waals surface area contributed by atoms with Crippen LogP contribution in [-0.4, -0.2) is 5.21 Å². The Bertz CT molecular complexity index is 592. The second-order valence-corrected chi connectivity index (χ2v) is 3.93. The van der Waals surface area contributed by atoms with Crippen LogP contribution in [0.1, 0.15) is 0 Å². The molecule has 2 heteroatoms. The Hall–Kier alpha value is -2.35. The zero-order chi connectivity index (χ0) is 11.7. The second-order valence-electron chi connectivity index (χ2n) is 3.93. The standard InChI is InChI=1S/C15H11NO/c17-16-15-13(11-7-3-1-4-8-11)14(15)12-9-5-2-6-10-12/h1-10,17H. The second kappa shape index (κ2) is 3.91. The van der Waals surface area contributed by atoms with Crippen LogP contribution in [0, 0.1) is 0 Å². The highest BCUT2D eigenvalue weighted by atomic mass is 16.4. The summed E-state index contributed by atoms with van der Waals surface area (Å²) < 4.78 is 0. The normalized spacial score (nSPS) is 10.6. The molecule has 2 nitrogen and oxygen atoms in total. The van der Waals surface area contributed by atoms with Crippen molar-refractivity contribution in [2.45, 2.75) is 0 Å². The van der Waals surface area contributed by atoms with Crippen molar-refractivity contribution in [1.82, 2.24) is 0 Å². The van der Waals surface area contributed by atoms with Crippen LogP contribution >= 0.6 is 0 Å². The van der Waals surface area contributed by atoms with Gasteiger partial charge in [0.15, 0.2) is 0 Å². The van der Waals surface area contributed by atoms with Crippen molar-refractivity contribution in [3.8, 4) is 22.3 Å². The molecular weight excluding hydrogens is 210 g/mol. The number of hydrogen-bond donors (Lipinski definition) is 1. The molecule has 3 aromatic rings. The van der Waals surface area contributed by atoms with Gasteiger partial charge in [-0.25, -0.2) is 0 Å². The smallest absolute Gasteiger partial charge is 0.119 e. The minimum Gasteiger partial charge on any atom is -0.410 e. The molecule has 0 unspecified atom stereocenters. The molecule has 0 atom stereocenters. The van der Waals surface area contributed by atoms with Gasteiger partial charge in [0.25, 0.3) is 0 Å². The molecule has 0 radical (unpaired) electrons. The quantitative estimate of drug-likeness (QED) is 0.523. The van der Waals surface area contributed by atoms with Crippen LogP contribution in [-0.2, 0) is 0 Å². The molecule has 0 amide bonds. The summed E-state index contributed by atoms with van der Waals surface area (Å²) in [6, 6.07) is 20.0. The predicted molar refractivity (Wildman–Crippen MR) is 67.0 cm³/mol. The maximum Gasteiger partial charge on any atom is 0.119 e. The summed E-state index contributed by atoms with van der Waals surface area (Å²) in [6.07, 6.45) is 0. The van der Waals surface area contributed by atoms with Gasteiger partial charge in [-0.3, -0.25) is 0 Å². The summed E-state index contributed by atoms with van der Waals surface area (Å²) in [7, 11) is 0. The van der Waals surface area contributed by atoms with E-state index in [4.69, 9.17) is 5.21 Å². The van der Waals surface area contributed by atoms with Crippen molar-refractivity contribution in [2.75, 3.05) is 0 Å². The molecule has 1 N–H and O–H groups in total. The average Bonchev–Trinajstić information content (AvgIpc) is 3.15. The molecule has 0 saturated carbocycles. The molecule has 3 aromatic carbocycles. The molecule has 0 aliphatic carbocycles. The van der Waals surface area contributed by atoms with Crippen LogP contribution < -0.4 is 5.36 Å². The molecule has 0 bridgehead atoms. The van der Waals surface area contributed by atoms with Crippen LogP contribution in [0.15, 0.2) is 65.8 Å². The van der Waals surface area contributed by atoms with Crippen LogP contribution in [0.5, 0.6) is 0 Å². The first-order chi connectivity index (χ1) is 8.42. The molecule has 0 heterocycles. The van der Waals surface area contributed by atoms with Gasteiger partial charge in [0.05, 0.1) is 0 Å². The van der Waals surface area contributed by atoms with E-state index in [9.17, 15) is 0 Å². The molecule has 0 spiro atoms. The van der Waals surface area contributed by atoms with Crippen molar-refractivity contribution >= 4 is 0 Å². The highest BCUT2D eigenvalue weighted by Crippen LogP contribution is 2.34. The molecule has 0 saturated heterocycles. The minimum atomic E-state index is 0.697. The van der Waals surface area contributed by atoms with E-state index in [-0.39, 0.29) is 0 Å². The maximum atomic E-state index is 9.02. The van der Waals surface area contributed by atoms with Gasteiger partial charge in [0.2, 0.25) is 0 Å². The first-order valence-corrected chi connectivity index (χ1v) is 5.49. The largest absolute Gasteiger partial charge is 0.410 e. The SMILES string of the molecule is ON=c1c(-c2ccccc2)c1-c1ccccc1. The van der Waals surface area contributed by atoms with E-state index >= 15 is 0 Å². The van der Waals surface area contributed by atoms with Gasteiger partial charge in [-0.15, -0.1) is 0 Å². The lowest BCUT2D eigenvalue weighted by atomic mass is 10.1. The number of nitrogens with zero attached hydrogens (tertiary/aromatic N) is 1. The fourth-order valence-corrected chi connectivity index (χ4v) is 2.05. The summed E-state index contributed by atoms with van der Waals surface area (Å²) >= 11 is 0. The van der Waals surface area contributed by atoms with Crippen LogP contribution in [0.25, 0.3) is 22.3 Å². The number of benzene rings is 2. The van der Waals surface area contributed by atoms with Crippen LogP contribution in [0.2, 0.25) is 0 Å². The third-order valence-electron chi connectivity index (χ3n) is 2.89. The first-order valence-electron chi connectivity index (χ1n) is 5.49. The summed E-state index contributed by atoms with van der Waals surface area (Å²) in [5.74, 6) is 0. The Labute approximate surface area is 99.2 Å². The lowest BCUT2D eigenvalue weighted by Gasteiger charge is -1.93. The van der Waals surface area contributed by atoms with Gasteiger partial charge >= 0.3 is 0 Å². The average molecular weight is 221 g/mol. The highest BCUT2D eigenvalue weighted by Gasteiger charge is 2.23. The van der Waals surface area contributed by atoms with Gasteiger partial charge in [-0.1, -0.05) is 65.8 Å². The van der Waals surface area contributed by atoms with E-state index in [0.717, 1.165) is 22.3 Å². The molecule has 17 heavy (non-hydrogen) atoms. The molecule has 0 fully saturated rings. The van der Waals surface area contributed by atoms with Crippen LogP contribution in [0.4, 0.5) is 0 Å². The molecule has 0 aliphatic rings. The Morgan fingerprint density at radius 1 is 0.647 bits per heavy atom. The van der Waals surface area contributed by atoms with E-state index in [1.807, 2.05) is 60.7 Å². The Balaban J connectivity index is 2.11. The summed E-state index contributed by atoms with van der Waals surface area (Å²) in [6.45, 7) is 0. The van der Waals surface area contributed by atoms with Crippen molar-refractivity contribution in [2.24, 2.45) is 5.16 Å². The molecular formula is C15H11NO. The van der Waals surface area contributed by atoms with Gasteiger partial charge in [0, 0.05) is 11.1 Å². The van der Waals surface area contributed by atoms with E-state index in [1.54, 1.807) is 0 Å². The molecule has 3 rings (SSSR count). The van der Waals surface area contributed by atoms with E-state index in [0.29, 0.717) is 5.36 Å². The van der Waals surface area contributed by atoms with Gasteiger partial charge in [-0.05, 0) is 11.1 Å². The zero-order valence-electron chi connectivity index (χ0n) is 9.17. The van der Waals surface area contributed by atoms with E-state index < -0.39 is 0 Å². The Morgan fingerprint density at radius 3 is 1.41 bits per heavy atom. The topological polar surface area (TPSA) is 32.6 Å². The van der Waals surface area contributed by atoms with Gasteiger partial charge in [0.1, 0.15) is 5.36 Å². The minimum absolute atomic E-state index is 0.697. The predicted octanol–water partition coefficient (Wildman–Crippen LogP) is 3.19. The number of rotatable bonds is 2. The molecule has 82 valence electrons. The van der Waals surface area contributed by atoms with Gasteiger partial charge in [-0.2, -0.15) is 0 Å². The lowest BCUT2D eigenvalue weighted by molar-refractivity contribution is 0.304. The number of hydrogen-bond acceptors (Lipinski definition) is 2. The maximum absolute atomic E-state index is 9.02. The highest BCUT2D eigenvalue weighted by molar-refractivity contribution is 5.93. The first kappa shape index (κ1) is 9.85. The summed E-state index contributed by atoms with van der Waals surface area (Å²) in [4.78, 5) is 0. The monoisotopic (exact) mass is 221 g/mol. The van der Waals surface area contributed by atoms with E-state index in [2.05, 4.69) is 5.16 Å². The van der Waals surface area contributed by atoms with Crippen molar-refractivity contribution in [1.29, 1.82) is 0 Å². The third kappa shape index (κ3) is 1.64. The van der Waals surface area contributed by atoms with Gasteiger partial charge < -0.3 is 5.21 Å². The summed E-state index contributed by atoms with van der Waals surface area (Å²) in [5.41, 5.74) is 4.27. The van der Waals surface area contributed by atoms with E-state index in [1.165, 1.54) is 0 Å². The summed E-state index contributed by atoms with van der Waals surface area (Å²) in [5, 5.41) is 13.1. The Morgan fingerprint density at radius 2 is 1.06 bits per heavy atom. The Kier molecular flexibility index (Phi) is 2.26. The fourth-order valence-electron chi connectivity index (χ4n) is 2.05. The zero-order valence-corrected chi connectivity index (χ0v) is 9.17. The van der Waals surface area contributed by atoms with Crippen molar-refractivity contribution in [3.05, 3.63) is 66.0 Å². The van der Waals surface area contributed by atoms with Crippen molar-refractivity contribution in [3.63, 3.8) is 0 Å². The lowest BCUT2D eigenvalue weighted by Crippen LogP contribution is -1.83. The fraction of sp³-hybridized carbons (Fsp3) is 0. The third-order valence-corrected chi connectivity index (χ3v) is 2.89. The van der Waals surface area contributed by atoms with Crippen LogP contribution in [0.3, 0.4) is 0 Å². The molecule has 0 aliphatic heterocycles. The van der Waals surface area contributed by atoms with Crippen molar-refractivity contribution < 1.29 is 5.21 Å². The molecule has 0 aromatic heterocycles.